The Labute approximate surface area is 124 Å². The highest BCUT2D eigenvalue weighted by atomic mass is 16.4. The first-order valence-electron chi connectivity index (χ1n) is 8.21. The molecule has 1 aliphatic carbocycles. The van der Waals surface area contributed by atoms with E-state index < -0.39 is 5.97 Å². The van der Waals surface area contributed by atoms with Crippen LogP contribution < -0.4 is 5.32 Å². The summed E-state index contributed by atoms with van der Waals surface area (Å²) in [5.41, 5.74) is 0.415. The van der Waals surface area contributed by atoms with Crippen LogP contribution >= 0.6 is 0 Å². The van der Waals surface area contributed by atoms with E-state index in [4.69, 9.17) is 0 Å². The van der Waals surface area contributed by atoms with E-state index in [1.165, 1.54) is 25.7 Å². The summed E-state index contributed by atoms with van der Waals surface area (Å²) in [5, 5.41) is 12.6. The van der Waals surface area contributed by atoms with Gasteiger partial charge in [0.05, 0.1) is 0 Å². The lowest BCUT2D eigenvalue weighted by Crippen LogP contribution is -2.44. The van der Waals surface area contributed by atoms with Gasteiger partial charge in [-0.05, 0) is 55.4 Å². The van der Waals surface area contributed by atoms with E-state index >= 15 is 0 Å². The van der Waals surface area contributed by atoms with Gasteiger partial charge in [0.15, 0.2) is 0 Å². The van der Waals surface area contributed by atoms with E-state index in [1.807, 2.05) is 6.92 Å². The maximum Gasteiger partial charge on any atom is 0.320 e. The zero-order valence-electron chi connectivity index (χ0n) is 13.9. The molecule has 0 bridgehead atoms. The maximum absolute atomic E-state index is 11.3. The number of hydrogen-bond donors (Lipinski definition) is 2. The molecule has 0 spiro atoms. The Morgan fingerprint density at radius 1 is 1.25 bits per heavy atom. The minimum Gasteiger partial charge on any atom is -0.480 e. The molecule has 118 valence electrons. The second kappa shape index (κ2) is 7.44. The molecule has 0 aromatic carbocycles. The van der Waals surface area contributed by atoms with Gasteiger partial charge in [0.25, 0.3) is 0 Å². The molecule has 20 heavy (non-hydrogen) atoms. The number of carboxylic acids is 1. The second-order valence-corrected chi connectivity index (χ2v) is 7.69. The number of carbonyl (C=O) groups is 1. The third-order valence-corrected chi connectivity index (χ3v) is 5.18. The average Bonchev–Trinajstić information content (AvgIpc) is 2.37. The molecule has 2 atom stereocenters. The van der Waals surface area contributed by atoms with Crippen LogP contribution in [0.2, 0.25) is 0 Å². The number of nitrogens with one attached hydrogen (secondary N) is 1. The predicted molar refractivity (Wildman–Crippen MR) is 83.8 cm³/mol. The van der Waals surface area contributed by atoms with Crippen LogP contribution in [0.4, 0.5) is 0 Å². The van der Waals surface area contributed by atoms with E-state index in [9.17, 15) is 9.90 Å². The van der Waals surface area contributed by atoms with Gasteiger partial charge in [-0.2, -0.15) is 0 Å². The van der Waals surface area contributed by atoms with Crippen LogP contribution in [0.5, 0.6) is 0 Å². The average molecular weight is 283 g/mol. The van der Waals surface area contributed by atoms with Crippen molar-refractivity contribution >= 4 is 5.97 Å². The van der Waals surface area contributed by atoms with Crippen molar-refractivity contribution in [3.63, 3.8) is 0 Å². The van der Waals surface area contributed by atoms with Crippen molar-refractivity contribution in [2.24, 2.45) is 23.2 Å². The summed E-state index contributed by atoms with van der Waals surface area (Å²) in [5.74, 6) is 0.962. The fourth-order valence-electron chi connectivity index (χ4n) is 3.29. The van der Waals surface area contributed by atoms with Gasteiger partial charge < -0.3 is 10.4 Å². The molecule has 1 rings (SSSR count). The molecular weight excluding hydrogens is 250 g/mol. The quantitative estimate of drug-likeness (QED) is 0.776. The van der Waals surface area contributed by atoms with Gasteiger partial charge in [0, 0.05) is 0 Å². The summed E-state index contributed by atoms with van der Waals surface area (Å²) >= 11 is 0. The van der Waals surface area contributed by atoms with Crippen LogP contribution in [-0.4, -0.2) is 23.7 Å². The predicted octanol–water partition coefficient (Wildman–Crippen LogP) is 3.93. The minimum atomic E-state index is -0.706. The normalized spacial score (nSPS) is 27.1. The first-order valence-corrected chi connectivity index (χ1v) is 8.21. The van der Waals surface area contributed by atoms with Crippen LogP contribution in [0.1, 0.15) is 66.7 Å². The van der Waals surface area contributed by atoms with Crippen LogP contribution in [0.15, 0.2) is 0 Å². The molecule has 3 nitrogen and oxygen atoms in total. The Bertz CT molecular complexity index is 301. The van der Waals surface area contributed by atoms with Crippen LogP contribution in [0.3, 0.4) is 0 Å². The number of hydrogen-bond acceptors (Lipinski definition) is 2. The van der Waals surface area contributed by atoms with Crippen LogP contribution in [-0.2, 0) is 4.79 Å². The minimum absolute atomic E-state index is 0.193. The van der Waals surface area contributed by atoms with Crippen molar-refractivity contribution in [2.45, 2.75) is 72.8 Å². The highest BCUT2D eigenvalue weighted by Crippen LogP contribution is 2.39. The third kappa shape index (κ3) is 5.08. The highest BCUT2D eigenvalue weighted by molar-refractivity contribution is 5.73. The lowest BCUT2D eigenvalue weighted by Gasteiger charge is -2.37. The van der Waals surface area contributed by atoms with Gasteiger partial charge in [-0.25, -0.2) is 0 Å². The highest BCUT2D eigenvalue weighted by Gasteiger charge is 2.30. The van der Waals surface area contributed by atoms with E-state index in [1.54, 1.807) is 0 Å². The summed E-state index contributed by atoms with van der Waals surface area (Å²) in [6.07, 6.45) is 5.96. The summed E-state index contributed by atoms with van der Waals surface area (Å²) in [6, 6.07) is -0.389. The molecule has 0 radical (unpaired) electrons. The van der Waals surface area contributed by atoms with Gasteiger partial charge in [0.1, 0.15) is 6.04 Å². The molecule has 1 aliphatic rings. The van der Waals surface area contributed by atoms with E-state index in [2.05, 4.69) is 33.0 Å². The first-order chi connectivity index (χ1) is 9.25. The van der Waals surface area contributed by atoms with Gasteiger partial charge in [-0.3, -0.25) is 4.79 Å². The first kappa shape index (κ1) is 17.5. The third-order valence-electron chi connectivity index (χ3n) is 5.18. The SMILES string of the molecule is CC[C@H](C)[C@H](NCC1CCC(C(C)(C)C)CC1)C(=O)O. The van der Waals surface area contributed by atoms with Crippen molar-refractivity contribution in [1.82, 2.24) is 5.32 Å². The fraction of sp³-hybridized carbons (Fsp3) is 0.941. The second-order valence-electron chi connectivity index (χ2n) is 7.69. The van der Waals surface area contributed by atoms with E-state index in [-0.39, 0.29) is 12.0 Å². The molecule has 0 aliphatic heterocycles. The van der Waals surface area contributed by atoms with Gasteiger partial charge in [-0.1, -0.05) is 41.0 Å². The number of carboxylic acid groups (broad SMARTS) is 1. The Morgan fingerprint density at radius 3 is 2.20 bits per heavy atom. The van der Waals surface area contributed by atoms with Crippen LogP contribution in [0, 0.1) is 23.2 Å². The van der Waals surface area contributed by atoms with Crippen molar-refractivity contribution < 1.29 is 9.90 Å². The van der Waals surface area contributed by atoms with Gasteiger partial charge in [0.2, 0.25) is 0 Å². The molecule has 1 saturated carbocycles. The lowest BCUT2D eigenvalue weighted by atomic mass is 9.70. The lowest BCUT2D eigenvalue weighted by molar-refractivity contribution is -0.140. The van der Waals surface area contributed by atoms with Crippen LogP contribution in [0.25, 0.3) is 0 Å². The molecule has 0 aromatic rings. The van der Waals surface area contributed by atoms with Gasteiger partial charge in [-0.15, -0.1) is 0 Å². The molecular formula is C17H33NO2. The number of rotatable bonds is 6. The Kier molecular flexibility index (Phi) is 6.50. The molecule has 3 heteroatoms. The molecule has 0 unspecified atom stereocenters. The summed E-state index contributed by atoms with van der Waals surface area (Å²) < 4.78 is 0. The zero-order chi connectivity index (χ0) is 15.3. The van der Waals surface area contributed by atoms with Crippen molar-refractivity contribution in [3.8, 4) is 0 Å². The largest absolute Gasteiger partial charge is 0.480 e. The Morgan fingerprint density at radius 2 is 1.80 bits per heavy atom. The van der Waals surface area contributed by atoms with Crippen molar-refractivity contribution in [2.75, 3.05) is 6.54 Å². The monoisotopic (exact) mass is 283 g/mol. The topological polar surface area (TPSA) is 49.3 Å². The standard InChI is InChI=1S/C17H33NO2/c1-6-12(2)15(16(19)20)18-11-13-7-9-14(10-8-13)17(3,4)5/h12-15,18H,6-11H2,1-5H3,(H,19,20)/t12-,13?,14?,15-/m0/s1. The number of aliphatic carboxylic acids is 1. The molecule has 2 N–H and O–H groups in total. The van der Waals surface area contributed by atoms with Gasteiger partial charge >= 0.3 is 5.97 Å². The summed E-state index contributed by atoms with van der Waals surface area (Å²) in [6.45, 7) is 11.9. The Balaban J connectivity index is 2.38. The van der Waals surface area contributed by atoms with E-state index in [0.29, 0.717) is 11.3 Å². The summed E-state index contributed by atoms with van der Waals surface area (Å²) in [4.78, 5) is 11.3. The molecule has 0 amide bonds. The smallest absolute Gasteiger partial charge is 0.320 e. The molecule has 0 aromatic heterocycles. The van der Waals surface area contributed by atoms with E-state index in [0.717, 1.165) is 18.9 Å². The maximum atomic E-state index is 11.3. The Hall–Kier alpha value is -0.570. The molecule has 0 saturated heterocycles. The summed E-state index contributed by atoms with van der Waals surface area (Å²) in [7, 11) is 0. The zero-order valence-corrected chi connectivity index (χ0v) is 13.9. The molecule has 1 fully saturated rings. The van der Waals surface area contributed by atoms with Crippen molar-refractivity contribution in [3.05, 3.63) is 0 Å². The van der Waals surface area contributed by atoms with Crippen molar-refractivity contribution in [1.29, 1.82) is 0 Å². The molecule has 0 heterocycles. The fourth-order valence-corrected chi connectivity index (χ4v) is 3.29.